The zero-order valence-corrected chi connectivity index (χ0v) is 26.1. The van der Waals surface area contributed by atoms with Crippen LogP contribution in [0.1, 0.15) is 68.6 Å². The lowest BCUT2D eigenvalue weighted by Crippen LogP contribution is -2.53. The molecule has 3 saturated carbocycles. The predicted molar refractivity (Wildman–Crippen MR) is 174 cm³/mol. The monoisotopic (exact) mass is 594 g/mol. The zero-order chi connectivity index (χ0) is 31.1. The van der Waals surface area contributed by atoms with Crippen LogP contribution in [0.3, 0.4) is 0 Å². The van der Waals surface area contributed by atoms with E-state index in [9.17, 15) is 20.1 Å². The lowest BCUT2D eigenvalue weighted by molar-refractivity contribution is -0.146. The lowest BCUT2D eigenvalue weighted by Gasteiger charge is -2.52. The van der Waals surface area contributed by atoms with Gasteiger partial charge in [-0.25, -0.2) is 0 Å². The molecular formula is C39H46O5. The van der Waals surface area contributed by atoms with Gasteiger partial charge >= 0.3 is 0 Å². The summed E-state index contributed by atoms with van der Waals surface area (Å²) >= 11 is 0. The summed E-state index contributed by atoms with van der Waals surface area (Å²) < 4.78 is 6.18. The minimum atomic E-state index is -0.657. The molecule has 0 aliphatic heterocycles. The van der Waals surface area contributed by atoms with E-state index in [1.165, 1.54) is 19.3 Å². The summed E-state index contributed by atoms with van der Waals surface area (Å²) in [6.45, 7) is 6.97. The number of phenolic OH excluding ortho intramolecular Hbond substituents is 2. The molecule has 3 aliphatic carbocycles. The molecule has 44 heavy (non-hydrogen) atoms. The number of carbonyl (C=O) groups is 1. The maximum Gasteiger partial charge on any atom is 0.142 e. The second-order valence-electron chi connectivity index (χ2n) is 13.7. The van der Waals surface area contributed by atoms with E-state index < -0.39 is 5.41 Å². The predicted octanol–water partition coefficient (Wildman–Crippen LogP) is 7.64. The van der Waals surface area contributed by atoms with E-state index in [4.69, 9.17) is 4.74 Å². The van der Waals surface area contributed by atoms with Crippen molar-refractivity contribution < 1.29 is 24.9 Å². The van der Waals surface area contributed by atoms with Crippen molar-refractivity contribution in [2.75, 3.05) is 13.7 Å². The summed E-state index contributed by atoms with van der Waals surface area (Å²) in [7, 11) is 1.73. The van der Waals surface area contributed by atoms with Crippen LogP contribution in [0.4, 0.5) is 0 Å². The van der Waals surface area contributed by atoms with Crippen molar-refractivity contribution in [3.63, 3.8) is 0 Å². The van der Waals surface area contributed by atoms with Crippen molar-refractivity contribution in [2.24, 2.45) is 28.6 Å². The Morgan fingerprint density at radius 1 is 0.955 bits per heavy atom. The molecule has 0 heterocycles. The second kappa shape index (κ2) is 12.2. The number of ketones is 1. The van der Waals surface area contributed by atoms with Gasteiger partial charge in [0.25, 0.3) is 0 Å². The third-order valence-corrected chi connectivity index (χ3v) is 11.6. The first-order chi connectivity index (χ1) is 21.2. The molecule has 3 fully saturated rings. The fourth-order valence-corrected chi connectivity index (χ4v) is 9.33. The Labute approximate surface area is 261 Å². The summed E-state index contributed by atoms with van der Waals surface area (Å²) in [5.41, 5.74) is 4.99. The summed E-state index contributed by atoms with van der Waals surface area (Å²) in [4.78, 5) is 14.6. The SMILES string of the molecule is C=C1[C@@H]2[C@H](CO)C[C@](C(=O)CCc3cccc(-c4ccc(Cc5ccc(O)cc5)c(O)c4)c3)([C@H]2OC)[C@@]1(C)C1CCCCC1. The van der Waals surface area contributed by atoms with Gasteiger partial charge in [0.05, 0.1) is 11.5 Å². The maximum atomic E-state index is 14.6. The van der Waals surface area contributed by atoms with Gasteiger partial charge in [0.15, 0.2) is 0 Å². The number of rotatable bonds is 10. The van der Waals surface area contributed by atoms with Crippen LogP contribution in [0.2, 0.25) is 0 Å². The largest absolute Gasteiger partial charge is 0.508 e. The topological polar surface area (TPSA) is 87.0 Å². The lowest BCUT2D eigenvalue weighted by atomic mass is 9.50. The highest BCUT2D eigenvalue weighted by Gasteiger charge is 2.74. The number of aryl methyl sites for hydroxylation is 1. The molecule has 5 heteroatoms. The first-order valence-corrected chi connectivity index (χ1v) is 16.3. The van der Waals surface area contributed by atoms with Crippen LogP contribution in [0.5, 0.6) is 11.5 Å². The highest BCUT2D eigenvalue weighted by atomic mass is 16.5. The van der Waals surface area contributed by atoms with Crippen LogP contribution in [-0.4, -0.2) is 40.9 Å². The number of aliphatic hydroxyl groups is 1. The van der Waals surface area contributed by atoms with Gasteiger partial charge in [0, 0.05) is 37.9 Å². The van der Waals surface area contributed by atoms with Crippen molar-refractivity contribution in [3.8, 4) is 22.6 Å². The van der Waals surface area contributed by atoms with Gasteiger partial charge in [0.2, 0.25) is 0 Å². The Kier molecular flexibility index (Phi) is 8.47. The van der Waals surface area contributed by atoms with Gasteiger partial charge in [-0.15, -0.1) is 0 Å². The number of aliphatic hydroxyl groups excluding tert-OH is 1. The van der Waals surface area contributed by atoms with Crippen molar-refractivity contribution >= 4 is 5.78 Å². The molecule has 3 aromatic carbocycles. The molecule has 0 radical (unpaired) electrons. The van der Waals surface area contributed by atoms with Crippen molar-refractivity contribution in [2.45, 2.75) is 70.8 Å². The van der Waals surface area contributed by atoms with Gasteiger partial charge in [-0.1, -0.05) is 86.9 Å². The molecule has 0 spiro atoms. The number of hydrogen-bond donors (Lipinski definition) is 3. The Morgan fingerprint density at radius 2 is 1.68 bits per heavy atom. The number of ether oxygens (including phenoxy) is 1. The van der Waals surface area contributed by atoms with Crippen molar-refractivity contribution in [1.29, 1.82) is 0 Å². The van der Waals surface area contributed by atoms with Gasteiger partial charge in [0.1, 0.15) is 17.3 Å². The molecule has 5 atom stereocenters. The maximum absolute atomic E-state index is 14.6. The Morgan fingerprint density at radius 3 is 2.36 bits per heavy atom. The van der Waals surface area contributed by atoms with E-state index in [0.717, 1.165) is 46.2 Å². The van der Waals surface area contributed by atoms with Gasteiger partial charge < -0.3 is 20.1 Å². The van der Waals surface area contributed by atoms with Crippen molar-refractivity contribution in [3.05, 3.63) is 95.6 Å². The molecule has 0 aromatic heterocycles. The number of benzene rings is 3. The first-order valence-electron chi connectivity index (χ1n) is 16.3. The molecule has 0 amide bonds. The number of phenols is 2. The smallest absolute Gasteiger partial charge is 0.142 e. The number of hydrogen-bond acceptors (Lipinski definition) is 5. The average Bonchev–Trinajstić information content (AvgIpc) is 3.49. The van der Waals surface area contributed by atoms with E-state index in [1.54, 1.807) is 25.3 Å². The molecule has 3 aliphatic rings. The molecule has 232 valence electrons. The van der Waals surface area contributed by atoms with E-state index in [1.807, 2.05) is 36.4 Å². The van der Waals surface area contributed by atoms with Gasteiger partial charge in [-0.3, -0.25) is 4.79 Å². The number of fused-ring (bicyclic) bond motifs is 2. The summed E-state index contributed by atoms with van der Waals surface area (Å²) in [6, 6.07) is 21.0. The highest BCUT2D eigenvalue weighted by molar-refractivity contribution is 5.89. The van der Waals surface area contributed by atoms with Crippen LogP contribution in [0.15, 0.2) is 78.9 Å². The highest BCUT2D eigenvalue weighted by Crippen LogP contribution is 2.73. The van der Waals surface area contributed by atoms with E-state index in [-0.39, 0.29) is 47.2 Å². The minimum absolute atomic E-state index is 0.0149. The van der Waals surface area contributed by atoms with Crippen molar-refractivity contribution in [1.82, 2.24) is 0 Å². The fraction of sp³-hybridized carbons (Fsp3) is 0.462. The van der Waals surface area contributed by atoms with Crippen LogP contribution in [0.25, 0.3) is 11.1 Å². The van der Waals surface area contributed by atoms with E-state index in [0.29, 0.717) is 31.6 Å². The van der Waals surface area contributed by atoms with Crippen LogP contribution in [-0.2, 0) is 22.4 Å². The molecule has 0 saturated heterocycles. The number of carbonyl (C=O) groups excluding carboxylic acids is 1. The Bertz CT molecular complexity index is 1520. The minimum Gasteiger partial charge on any atom is -0.508 e. The van der Waals surface area contributed by atoms with Crippen LogP contribution in [0, 0.1) is 28.6 Å². The third-order valence-electron chi connectivity index (χ3n) is 11.6. The summed E-state index contributed by atoms with van der Waals surface area (Å²) in [5.74, 6) is 1.16. The Balaban J connectivity index is 1.22. The molecular weight excluding hydrogens is 548 g/mol. The summed E-state index contributed by atoms with van der Waals surface area (Å²) in [5, 5.41) is 30.7. The quantitative estimate of drug-likeness (QED) is 0.210. The van der Waals surface area contributed by atoms with E-state index in [2.05, 4.69) is 25.6 Å². The van der Waals surface area contributed by atoms with Crippen LogP contribution >= 0.6 is 0 Å². The average molecular weight is 595 g/mol. The molecule has 2 bridgehead atoms. The fourth-order valence-electron chi connectivity index (χ4n) is 9.33. The zero-order valence-electron chi connectivity index (χ0n) is 26.1. The molecule has 6 rings (SSSR count). The normalized spacial score (nSPS) is 28.4. The summed E-state index contributed by atoms with van der Waals surface area (Å²) in [6.07, 6.45) is 7.95. The first kappa shape index (κ1) is 30.6. The van der Waals surface area contributed by atoms with E-state index >= 15 is 0 Å². The number of Topliss-reactive ketones (excluding diaryl/α,β-unsaturated/α-hetero) is 1. The molecule has 5 nitrogen and oxygen atoms in total. The molecule has 0 unspecified atom stereocenters. The van der Waals surface area contributed by atoms with Crippen LogP contribution < -0.4 is 0 Å². The van der Waals surface area contributed by atoms with Gasteiger partial charge in [-0.05, 0) is 83.5 Å². The Hall–Kier alpha value is -3.41. The molecule has 3 N–H and O–H groups in total. The number of methoxy groups -OCH3 is 1. The third kappa shape index (κ3) is 4.98. The van der Waals surface area contributed by atoms with Gasteiger partial charge in [-0.2, -0.15) is 0 Å². The standard InChI is InChI=1S/C39H46O5/c1-25-36-31(24-40)23-39(37(36)44-3,38(25,2)32-10-5-4-6-11-32)35(43)19-14-26-8-7-9-28(20-26)29-15-16-30(34(42)22-29)21-27-12-17-33(41)18-13-27/h7-9,12-13,15-18,20,22,31-32,36-37,40-42H,1,4-6,10-11,14,19,21,23-24H2,2-3H3/t31-,36+,37-,38+,39-/m0/s1. The number of aromatic hydroxyl groups is 2. The molecule has 3 aromatic rings. The second-order valence-corrected chi connectivity index (χ2v) is 13.7.